The molecule has 1 heterocycles. The van der Waals surface area contributed by atoms with Crippen molar-refractivity contribution >= 4 is 45.6 Å². The zero-order chi connectivity index (χ0) is 19.4. The number of hydrogen-bond acceptors (Lipinski definition) is 4. The predicted molar refractivity (Wildman–Crippen MR) is 105 cm³/mol. The highest BCUT2D eigenvalue weighted by molar-refractivity contribution is 9.10. The van der Waals surface area contributed by atoms with Gasteiger partial charge in [0.2, 0.25) is 0 Å². The summed E-state index contributed by atoms with van der Waals surface area (Å²) >= 11 is 9.42. The average Bonchev–Trinajstić information content (AvgIpc) is 3.11. The molecule has 3 rings (SSSR count). The van der Waals surface area contributed by atoms with Crippen LogP contribution in [0.3, 0.4) is 0 Å². The van der Waals surface area contributed by atoms with E-state index in [0.29, 0.717) is 27.7 Å². The average molecular weight is 448 g/mol. The molecule has 27 heavy (non-hydrogen) atoms. The van der Waals surface area contributed by atoms with Gasteiger partial charge in [0.25, 0.3) is 5.91 Å². The summed E-state index contributed by atoms with van der Waals surface area (Å²) in [6, 6.07) is 14.5. The van der Waals surface area contributed by atoms with Gasteiger partial charge in [-0.25, -0.2) is 10.2 Å². The predicted octanol–water partition coefficient (Wildman–Crippen LogP) is 4.82. The number of nitrogens with zero attached hydrogens (tertiary/aromatic N) is 1. The summed E-state index contributed by atoms with van der Waals surface area (Å²) in [5.74, 6) is -0.652. The van der Waals surface area contributed by atoms with Gasteiger partial charge in [-0.2, -0.15) is 5.10 Å². The van der Waals surface area contributed by atoms with Crippen molar-refractivity contribution < 1.29 is 19.1 Å². The van der Waals surface area contributed by atoms with Crippen LogP contribution in [0.5, 0.6) is 0 Å². The normalized spacial score (nSPS) is 10.9. The number of aromatic carboxylic acids is 1. The van der Waals surface area contributed by atoms with Gasteiger partial charge in [0.05, 0.1) is 16.8 Å². The number of halogens is 2. The molecule has 8 heteroatoms. The van der Waals surface area contributed by atoms with Crippen LogP contribution in [-0.2, 0) is 0 Å². The van der Waals surface area contributed by atoms with Gasteiger partial charge in [-0.05, 0) is 54.6 Å². The maximum atomic E-state index is 12.0. The number of nitrogens with one attached hydrogen (secondary N) is 1. The third kappa shape index (κ3) is 4.64. The van der Waals surface area contributed by atoms with Crippen LogP contribution >= 0.6 is 27.5 Å². The van der Waals surface area contributed by atoms with Crippen molar-refractivity contribution in [1.82, 2.24) is 5.43 Å². The Morgan fingerprint density at radius 3 is 2.48 bits per heavy atom. The van der Waals surface area contributed by atoms with Crippen LogP contribution in [0.1, 0.15) is 26.5 Å². The summed E-state index contributed by atoms with van der Waals surface area (Å²) < 4.78 is 6.48. The van der Waals surface area contributed by atoms with Gasteiger partial charge in [0.15, 0.2) is 0 Å². The van der Waals surface area contributed by atoms with Crippen molar-refractivity contribution in [2.24, 2.45) is 5.10 Å². The van der Waals surface area contributed by atoms with E-state index in [1.807, 2.05) is 0 Å². The first-order chi connectivity index (χ1) is 12.9. The van der Waals surface area contributed by atoms with Gasteiger partial charge in [-0.3, -0.25) is 4.79 Å². The van der Waals surface area contributed by atoms with Crippen LogP contribution in [-0.4, -0.2) is 23.2 Å². The molecule has 1 amide bonds. The van der Waals surface area contributed by atoms with Crippen LogP contribution in [0.25, 0.3) is 11.3 Å². The minimum absolute atomic E-state index is 0.0998. The number of hydrogen-bond donors (Lipinski definition) is 2. The number of carboxylic acids is 1. The summed E-state index contributed by atoms with van der Waals surface area (Å²) in [7, 11) is 0. The number of amides is 1. The van der Waals surface area contributed by atoms with Crippen molar-refractivity contribution in [2.75, 3.05) is 0 Å². The molecule has 3 aromatic rings. The number of hydrazone groups is 1. The topological polar surface area (TPSA) is 91.9 Å². The number of benzene rings is 2. The molecular formula is C19H12BrClN2O4. The summed E-state index contributed by atoms with van der Waals surface area (Å²) in [5.41, 5.74) is 3.42. The van der Waals surface area contributed by atoms with Crippen LogP contribution in [0.2, 0.25) is 5.02 Å². The Bertz CT molecular complexity index is 1030. The van der Waals surface area contributed by atoms with E-state index in [1.165, 1.54) is 24.4 Å². The Kier molecular flexibility index (Phi) is 5.73. The molecule has 0 aliphatic heterocycles. The number of carbonyl (C=O) groups is 2. The fraction of sp³-hybridized carbons (Fsp3) is 0. The lowest BCUT2D eigenvalue weighted by molar-refractivity contribution is 0.0696. The molecule has 0 unspecified atom stereocenters. The van der Waals surface area contributed by atoms with E-state index in [2.05, 4.69) is 26.5 Å². The second-order valence-corrected chi connectivity index (χ2v) is 6.73. The summed E-state index contributed by atoms with van der Waals surface area (Å²) in [5, 5.41) is 13.3. The third-order valence-electron chi connectivity index (χ3n) is 3.57. The molecule has 0 saturated carbocycles. The lowest BCUT2D eigenvalue weighted by Gasteiger charge is -2.02. The van der Waals surface area contributed by atoms with E-state index in [-0.39, 0.29) is 11.5 Å². The van der Waals surface area contributed by atoms with E-state index in [9.17, 15) is 9.59 Å². The Hall–Kier alpha value is -2.90. The zero-order valence-electron chi connectivity index (χ0n) is 13.6. The van der Waals surface area contributed by atoms with Crippen molar-refractivity contribution in [2.45, 2.75) is 0 Å². The number of carbonyl (C=O) groups excluding carboxylic acids is 1. The third-order valence-corrected chi connectivity index (χ3v) is 4.43. The highest BCUT2D eigenvalue weighted by Crippen LogP contribution is 2.30. The van der Waals surface area contributed by atoms with Gasteiger partial charge >= 0.3 is 5.97 Å². The largest absolute Gasteiger partial charge is 0.478 e. The second-order valence-electron chi connectivity index (χ2n) is 5.41. The molecule has 0 aliphatic rings. The molecule has 0 bridgehead atoms. The first-order valence-corrected chi connectivity index (χ1v) is 8.83. The van der Waals surface area contributed by atoms with Gasteiger partial charge in [0, 0.05) is 15.6 Å². The highest BCUT2D eigenvalue weighted by Gasteiger charge is 2.12. The van der Waals surface area contributed by atoms with E-state index in [1.54, 1.807) is 36.4 Å². The van der Waals surface area contributed by atoms with Crippen molar-refractivity contribution in [3.05, 3.63) is 81.0 Å². The van der Waals surface area contributed by atoms with E-state index in [4.69, 9.17) is 21.1 Å². The molecule has 0 spiro atoms. The second kappa shape index (κ2) is 8.20. The Morgan fingerprint density at radius 2 is 1.78 bits per heavy atom. The number of carboxylic acid groups (broad SMARTS) is 1. The van der Waals surface area contributed by atoms with Gasteiger partial charge < -0.3 is 9.52 Å². The fourth-order valence-electron chi connectivity index (χ4n) is 2.23. The van der Waals surface area contributed by atoms with Gasteiger partial charge in [0.1, 0.15) is 11.5 Å². The Labute approximate surface area is 167 Å². The molecule has 136 valence electrons. The molecule has 1 aromatic heterocycles. The summed E-state index contributed by atoms with van der Waals surface area (Å²) in [6.45, 7) is 0. The smallest absolute Gasteiger partial charge is 0.335 e. The molecule has 0 aliphatic carbocycles. The van der Waals surface area contributed by atoms with E-state index in [0.717, 1.165) is 4.47 Å². The van der Waals surface area contributed by atoms with Crippen molar-refractivity contribution in [3.8, 4) is 11.3 Å². The monoisotopic (exact) mass is 446 g/mol. The number of rotatable bonds is 5. The van der Waals surface area contributed by atoms with E-state index < -0.39 is 5.97 Å². The SMILES string of the molecule is O=C(O)c1ccc(Cl)c(-c2ccc(/C=N\NC(=O)c3ccc(Br)cc3)o2)c1. The van der Waals surface area contributed by atoms with Crippen LogP contribution in [0.4, 0.5) is 0 Å². The van der Waals surface area contributed by atoms with Crippen molar-refractivity contribution in [3.63, 3.8) is 0 Å². The minimum Gasteiger partial charge on any atom is -0.478 e. The van der Waals surface area contributed by atoms with E-state index >= 15 is 0 Å². The Balaban J connectivity index is 1.72. The van der Waals surface area contributed by atoms with Gasteiger partial charge in [-0.1, -0.05) is 27.5 Å². The standard InChI is InChI=1S/C19H12BrClN2O4/c20-13-4-1-11(2-5-13)18(24)23-22-10-14-6-8-17(27-14)15-9-12(19(25)26)3-7-16(15)21/h1-10H,(H,23,24)(H,25,26)/b22-10-. The fourth-order valence-corrected chi connectivity index (χ4v) is 2.71. The lowest BCUT2D eigenvalue weighted by atomic mass is 10.1. The molecule has 2 N–H and O–H groups in total. The van der Waals surface area contributed by atoms with Crippen molar-refractivity contribution in [1.29, 1.82) is 0 Å². The Morgan fingerprint density at radius 1 is 1.07 bits per heavy atom. The molecule has 0 fully saturated rings. The quantitative estimate of drug-likeness (QED) is 0.433. The first-order valence-electron chi connectivity index (χ1n) is 7.66. The maximum Gasteiger partial charge on any atom is 0.335 e. The summed E-state index contributed by atoms with van der Waals surface area (Å²) in [6.07, 6.45) is 1.34. The first kappa shape index (κ1) is 18.9. The summed E-state index contributed by atoms with van der Waals surface area (Å²) in [4.78, 5) is 23.1. The maximum absolute atomic E-state index is 12.0. The molecule has 0 saturated heterocycles. The lowest BCUT2D eigenvalue weighted by Crippen LogP contribution is -2.17. The van der Waals surface area contributed by atoms with Crippen LogP contribution < -0.4 is 5.43 Å². The highest BCUT2D eigenvalue weighted by atomic mass is 79.9. The minimum atomic E-state index is -1.06. The van der Waals surface area contributed by atoms with Gasteiger partial charge in [-0.15, -0.1) is 0 Å². The van der Waals surface area contributed by atoms with Crippen LogP contribution in [0, 0.1) is 0 Å². The molecule has 0 atom stereocenters. The number of furan rings is 1. The molecule has 6 nitrogen and oxygen atoms in total. The molecule has 0 radical (unpaired) electrons. The molecular weight excluding hydrogens is 436 g/mol. The molecule has 2 aromatic carbocycles. The van der Waals surface area contributed by atoms with Crippen LogP contribution in [0.15, 0.2) is 68.6 Å². The zero-order valence-corrected chi connectivity index (χ0v) is 16.0.